The maximum atomic E-state index is 11.9. The van der Waals surface area contributed by atoms with E-state index in [-0.39, 0.29) is 17.7 Å². The van der Waals surface area contributed by atoms with Crippen LogP contribution in [0.4, 0.5) is 0 Å². The van der Waals surface area contributed by atoms with Crippen LogP contribution in [0.15, 0.2) is 30.3 Å². The summed E-state index contributed by atoms with van der Waals surface area (Å²) in [6.45, 7) is 5.73. The van der Waals surface area contributed by atoms with Gasteiger partial charge in [-0.15, -0.1) is 0 Å². The summed E-state index contributed by atoms with van der Waals surface area (Å²) in [6.07, 6.45) is 0.258. The lowest BCUT2D eigenvalue weighted by Crippen LogP contribution is -2.48. The minimum absolute atomic E-state index is 0.206. The van der Waals surface area contributed by atoms with Gasteiger partial charge in [-0.05, 0) is 24.5 Å². The molecule has 0 aliphatic rings. The number of hydrazine groups is 1. The molecule has 0 aromatic heterocycles. The van der Waals surface area contributed by atoms with Gasteiger partial charge in [0.1, 0.15) is 5.75 Å². The number of carbonyl (C=O) groups is 2. The molecule has 1 atom stereocenters. The molecule has 0 heterocycles. The standard InChI is InChI=1S/C15H22N2O3/c1-4-13(20-12-8-6-5-7-9-12)15(19)17-16-14(18)10-11(2)3/h5-9,11,13H,4,10H2,1-3H3,(H,16,18)(H,17,19). The van der Waals surface area contributed by atoms with Gasteiger partial charge in [-0.25, -0.2) is 0 Å². The van der Waals surface area contributed by atoms with E-state index in [2.05, 4.69) is 10.9 Å². The fourth-order valence-corrected chi connectivity index (χ4v) is 1.62. The molecule has 110 valence electrons. The zero-order chi connectivity index (χ0) is 15.0. The SMILES string of the molecule is CCC(Oc1ccccc1)C(=O)NNC(=O)CC(C)C. The van der Waals surface area contributed by atoms with Crippen LogP contribution in [-0.2, 0) is 9.59 Å². The first-order valence-electron chi connectivity index (χ1n) is 6.83. The summed E-state index contributed by atoms with van der Waals surface area (Å²) in [7, 11) is 0. The summed E-state index contributed by atoms with van der Waals surface area (Å²) >= 11 is 0. The Morgan fingerprint density at radius 1 is 1.15 bits per heavy atom. The third-order valence-electron chi connectivity index (χ3n) is 2.60. The number of nitrogens with one attached hydrogen (secondary N) is 2. The smallest absolute Gasteiger partial charge is 0.279 e. The molecule has 1 rings (SSSR count). The number of carbonyl (C=O) groups excluding carboxylic acids is 2. The summed E-state index contributed by atoms with van der Waals surface area (Å²) in [5, 5.41) is 0. The molecule has 5 heteroatoms. The molecule has 20 heavy (non-hydrogen) atoms. The first-order valence-corrected chi connectivity index (χ1v) is 6.83. The van der Waals surface area contributed by atoms with Crippen molar-refractivity contribution in [2.24, 2.45) is 5.92 Å². The van der Waals surface area contributed by atoms with E-state index >= 15 is 0 Å². The predicted octanol–water partition coefficient (Wildman–Crippen LogP) is 2.04. The topological polar surface area (TPSA) is 67.4 Å². The first-order chi connectivity index (χ1) is 9.52. The van der Waals surface area contributed by atoms with Gasteiger partial charge >= 0.3 is 0 Å². The van der Waals surface area contributed by atoms with Crippen molar-refractivity contribution in [1.82, 2.24) is 10.9 Å². The number of hydrogen-bond acceptors (Lipinski definition) is 3. The summed E-state index contributed by atoms with van der Waals surface area (Å²) in [4.78, 5) is 23.4. The summed E-state index contributed by atoms with van der Waals surface area (Å²) < 4.78 is 5.58. The molecule has 1 unspecified atom stereocenters. The lowest BCUT2D eigenvalue weighted by molar-refractivity contribution is -0.133. The van der Waals surface area contributed by atoms with Crippen molar-refractivity contribution in [2.45, 2.75) is 39.7 Å². The highest BCUT2D eigenvalue weighted by molar-refractivity contribution is 5.84. The van der Waals surface area contributed by atoms with Crippen LogP contribution in [0.5, 0.6) is 5.75 Å². The Hall–Kier alpha value is -2.04. The molecule has 1 aromatic carbocycles. The van der Waals surface area contributed by atoms with Crippen LogP contribution in [0, 0.1) is 5.92 Å². The van der Waals surface area contributed by atoms with E-state index in [1.54, 1.807) is 12.1 Å². The van der Waals surface area contributed by atoms with Crippen LogP contribution in [0.2, 0.25) is 0 Å². The van der Waals surface area contributed by atoms with Gasteiger partial charge in [-0.3, -0.25) is 20.4 Å². The normalized spacial score (nSPS) is 11.8. The van der Waals surface area contributed by atoms with Gasteiger partial charge in [0.25, 0.3) is 5.91 Å². The zero-order valence-electron chi connectivity index (χ0n) is 12.2. The van der Waals surface area contributed by atoms with Crippen LogP contribution >= 0.6 is 0 Å². The Labute approximate surface area is 119 Å². The van der Waals surface area contributed by atoms with Crippen LogP contribution in [0.1, 0.15) is 33.6 Å². The number of ether oxygens (including phenoxy) is 1. The minimum atomic E-state index is -0.628. The van der Waals surface area contributed by atoms with Gasteiger partial charge in [-0.2, -0.15) is 0 Å². The zero-order valence-corrected chi connectivity index (χ0v) is 12.2. The van der Waals surface area contributed by atoms with Crippen molar-refractivity contribution < 1.29 is 14.3 Å². The van der Waals surface area contributed by atoms with Gasteiger partial charge in [0.15, 0.2) is 6.10 Å². The Morgan fingerprint density at radius 2 is 1.80 bits per heavy atom. The van der Waals surface area contributed by atoms with Crippen LogP contribution < -0.4 is 15.6 Å². The number of para-hydroxylation sites is 1. The molecule has 0 saturated heterocycles. The van der Waals surface area contributed by atoms with Gasteiger partial charge in [0, 0.05) is 6.42 Å². The Bertz CT molecular complexity index is 432. The minimum Gasteiger partial charge on any atom is -0.481 e. The van der Waals surface area contributed by atoms with E-state index in [0.29, 0.717) is 18.6 Å². The highest BCUT2D eigenvalue weighted by atomic mass is 16.5. The van der Waals surface area contributed by atoms with E-state index in [1.165, 1.54) is 0 Å². The molecule has 0 aliphatic carbocycles. The Morgan fingerprint density at radius 3 is 2.35 bits per heavy atom. The molecule has 2 amide bonds. The second-order valence-electron chi connectivity index (χ2n) is 4.96. The van der Waals surface area contributed by atoms with Gasteiger partial charge in [0.2, 0.25) is 5.91 Å². The van der Waals surface area contributed by atoms with Crippen molar-refractivity contribution in [1.29, 1.82) is 0 Å². The average molecular weight is 278 g/mol. The fourth-order valence-electron chi connectivity index (χ4n) is 1.62. The van der Waals surface area contributed by atoms with E-state index in [1.807, 2.05) is 39.0 Å². The van der Waals surface area contributed by atoms with E-state index in [9.17, 15) is 9.59 Å². The fraction of sp³-hybridized carbons (Fsp3) is 0.467. The second-order valence-corrected chi connectivity index (χ2v) is 4.96. The quantitative estimate of drug-likeness (QED) is 0.782. The van der Waals surface area contributed by atoms with E-state index in [4.69, 9.17) is 4.74 Å². The lowest BCUT2D eigenvalue weighted by atomic mass is 10.1. The first kappa shape index (κ1) is 16.0. The Kier molecular flexibility index (Phi) is 6.56. The third kappa shape index (κ3) is 5.73. The highest BCUT2D eigenvalue weighted by Crippen LogP contribution is 2.12. The lowest BCUT2D eigenvalue weighted by Gasteiger charge is -2.17. The monoisotopic (exact) mass is 278 g/mol. The van der Waals surface area contributed by atoms with Gasteiger partial charge in [-0.1, -0.05) is 39.0 Å². The summed E-state index contributed by atoms with van der Waals surface area (Å²) in [6, 6.07) is 9.12. The molecule has 0 saturated carbocycles. The van der Waals surface area contributed by atoms with Crippen LogP contribution in [0.25, 0.3) is 0 Å². The Balaban J connectivity index is 2.45. The van der Waals surface area contributed by atoms with Gasteiger partial charge < -0.3 is 4.74 Å². The molecule has 0 aliphatic heterocycles. The molecule has 1 aromatic rings. The van der Waals surface area contributed by atoms with Crippen molar-refractivity contribution in [3.8, 4) is 5.75 Å². The van der Waals surface area contributed by atoms with Gasteiger partial charge in [0.05, 0.1) is 0 Å². The molecule has 0 radical (unpaired) electrons. The van der Waals surface area contributed by atoms with Crippen molar-refractivity contribution in [3.05, 3.63) is 30.3 Å². The van der Waals surface area contributed by atoms with Crippen LogP contribution in [-0.4, -0.2) is 17.9 Å². The van der Waals surface area contributed by atoms with Crippen LogP contribution in [0.3, 0.4) is 0 Å². The number of benzene rings is 1. The van der Waals surface area contributed by atoms with Crippen molar-refractivity contribution in [3.63, 3.8) is 0 Å². The summed E-state index contributed by atoms with van der Waals surface area (Å²) in [5.41, 5.74) is 4.79. The summed E-state index contributed by atoms with van der Waals surface area (Å²) in [5.74, 6) is 0.314. The number of rotatable bonds is 6. The number of amides is 2. The maximum absolute atomic E-state index is 11.9. The highest BCUT2D eigenvalue weighted by Gasteiger charge is 2.18. The largest absolute Gasteiger partial charge is 0.481 e. The number of hydrogen-bond donors (Lipinski definition) is 2. The average Bonchev–Trinajstić information content (AvgIpc) is 2.42. The molecule has 0 fully saturated rings. The predicted molar refractivity (Wildman–Crippen MR) is 76.9 cm³/mol. The molecule has 2 N–H and O–H groups in total. The third-order valence-corrected chi connectivity index (χ3v) is 2.60. The molecular formula is C15H22N2O3. The van der Waals surface area contributed by atoms with Crippen molar-refractivity contribution in [2.75, 3.05) is 0 Å². The van der Waals surface area contributed by atoms with Crippen molar-refractivity contribution >= 4 is 11.8 Å². The molecule has 5 nitrogen and oxygen atoms in total. The van der Waals surface area contributed by atoms with E-state index in [0.717, 1.165) is 0 Å². The van der Waals surface area contributed by atoms with E-state index < -0.39 is 6.10 Å². The molecular weight excluding hydrogens is 256 g/mol. The molecule has 0 bridgehead atoms. The molecule has 0 spiro atoms. The second kappa shape index (κ2) is 8.19. The maximum Gasteiger partial charge on any atom is 0.279 e.